The van der Waals surface area contributed by atoms with Crippen molar-refractivity contribution in [1.82, 2.24) is 15.2 Å². The SMILES string of the molecule is CNc1cccc(CSc2nnc(C)o2)n1. The molecule has 2 heterocycles. The van der Waals surface area contributed by atoms with Gasteiger partial charge in [-0.2, -0.15) is 0 Å². The first-order valence-electron chi connectivity index (χ1n) is 4.84. The molecule has 0 aromatic carbocycles. The van der Waals surface area contributed by atoms with Crippen LogP contribution in [0.15, 0.2) is 27.8 Å². The highest BCUT2D eigenvalue weighted by molar-refractivity contribution is 7.98. The molecule has 0 atom stereocenters. The van der Waals surface area contributed by atoms with Crippen LogP contribution in [0.2, 0.25) is 0 Å². The summed E-state index contributed by atoms with van der Waals surface area (Å²) in [6.45, 7) is 1.77. The van der Waals surface area contributed by atoms with E-state index < -0.39 is 0 Å². The Morgan fingerprint density at radius 3 is 2.94 bits per heavy atom. The van der Waals surface area contributed by atoms with Crippen LogP contribution in [0.5, 0.6) is 0 Å². The highest BCUT2D eigenvalue weighted by Crippen LogP contribution is 2.20. The van der Waals surface area contributed by atoms with E-state index in [1.54, 1.807) is 6.92 Å². The molecular weight excluding hydrogens is 224 g/mol. The number of hydrogen-bond acceptors (Lipinski definition) is 6. The molecule has 2 aromatic heterocycles. The molecule has 0 saturated carbocycles. The van der Waals surface area contributed by atoms with Crippen LogP contribution in [-0.2, 0) is 5.75 Å². The summed E-state index contributed by atoms with van der Waals surface area (Å²) in [5, 5.41) is 11.2. The monoisotopic (exact) mass is 236 g/mol. The minimum atomic E-state index is 0.578. The first-order valence-corrected chi connectivity index (χ1v) is 5.83. The maximum Gasteiger partial charge on any atom is 0.276 e. The third kappa shape index (κ3) is 2.73. The molecule has 16 heavy (non-hydrogen) atoms. The zero-order valence-corrected chi connectivity index (χ0v) is 9.91. The normalized spacial score (nSPS) is 10.4. The van der Waals surface area contributed by atoms with Crippen LogP contribution in [0.4, 0.5) is 5.82 Å². The molecule has 0 aliphatic heterocycles. The Morgan fingerprint density at radius 1 is 1.38 bits per heavy atom. The minimum Gasteiger partial charge on any atom is -0.416 e. The fraction of sp³-hybridized carbons (Fsp3) is 0.300. The van der Waals surface area contributed by atoms with Gasteiger partial charge in [-0.3, -0.25) is 0 Å². The second-order valence-corrected chi connectivity index (χ2v) is 4.07. The molecule has 0 aliphatic carbocycles. The van der Waals surface area contributed by atoms with Gasteiger partial charge in [0.05, 0.1) is 5.69 Å². The van der Waals surface area contributed by atoms with E-state index in [-0.39, 0.29) is 0 Å². The third-order valence-corrected chi connectivity index (χ3v) is 2.77. The lowest BCUT2D eigenvalue weighted by atomic mass is 10.4. The minimum absolute atomic E-state index is 0.578. The first kappa shape index (κ1) is 10.9. The lowest BCUT2D eigenvalue weighted by Crippen LogP contribution is -1.94. The number of pyridine rings is 1. The summed E-state index contributed by atoms with van der Waals surface area (Å²) in [5.74, 6) is 2.16. The summed E-state index contributed by atoms with van der Waals surface area (Å²) < 4.78 is 5.26. The molecule has 5 nitrogen and oxygen atoms in total. The fourth-order valence-electron chi connectivity index (χ4n) is 1.17. The predicted molar refractivity (Wildman–Crippen MR) is 62.4 cm³/mol. The molecule has 1 N–H and O–H groups in total. The van der Waals surface area contributed by atoms with E-state index >= 15 is 0 Å². The van der Waals surface area contributed by atoms with Crippen molar-refractivity contribution in [3.05, 3.63) is 29.8 Å². The van der Waals surface area contributed by atoms with Gasteiger partial charge in [0.15, 0.2) is 0 Å². The molecule has 0 fully saturated rings. The van der Waals surface area contributed by atoms with Crippen molar-refractivity contribution in [2.75, 3.05) is 12.4 Å². The molecule has 84 valence electrons. The average Bonchev–Trinajstić information content (AvgIpc) is 2.73. The topological polar surface area (TPSA) is 63.8 Å². The van der Waals surface area contributed by atoms with Gasteiger partial charge in [-0.05, 0) is 12.1 Å². The quantitative estimate of drug-likeness (QED) is 0.820. The van der Waals surface area contributed by atoms with Crippen LogP contribution in [0, 0.1) is 6.92 Å². The smallest absolute Gasteiger partial charge is 0.276 e. The highest BCUT2D eigenvalue weighted by atomic mass is 32.2. The second kappa shape index (κ2) is 4.98. The molecule has 0 amide bonds. The number of hydrogen-bond donors (Lipinski definition) is 1. The third-order valence-electron chi connectivity index (χ3n) is 1.91. The zero-order valence-electron chi connectivity index (χ0n) is 9.10. The number of aryl methyl sites for hydroxylation is 1. The fourth-order valence-corrected chi connectivity index (χ4v) is 1.88. The van der Waals surface area contributed by atoms with Crippen LogP contribution in [0.3, 0.4) is 0 Å². The maximum atomic E-state index is 5.26. The lowest BCUT2D eigenvalue weighted by Gasteiger charge is -2.01. The Balaban J connectivity index is 1.99. The predicted octanol–water partition coefficient (Wildman–Crippen LogP) is 2.11. The van der Waals surface area contributed by atoms with Gasteiger partial charge >= 0.3 is 0 Å². The molecule has 0 aliphatic rings. The van der Waals surface area contributed by atoms with Crippen LogP contribution >= 0.6 is 11.8 Å². The van der Waals surface area contributed by atoms with Crippen LogP contribution in [0.1, 0.15) is 11.6 Å². The molecule has 0 spiro atoms. The summed E-state index contributed by atoms with van der Waals surface area (Å²) >= 11 is 1.48. The van der Waals surface area contributed by atoms with Crippen molar-refractivity contribution >= 4 is 17.6 Å². The summed E-state index contributed by atoms with van der Waals surface area (Å²) in [6.07, 6.45) is 0. The van der Waals surface area contributed by atoms with Crippen molar-refractivity contribution in [2.24, 2.45) is 0 Å². The van der Waals surface area contributed by atoms with E-state index in [2.05, 4.69) is 20.5 Å². The number of anilines is 1. The van der Waals surface area contributed by atoms with Crippen molar-refractivity contribution in [3.63, 3.8) is 0 Å². The van der Waals surface area contributed by atoms with Gasteiger partial charge < -0.3 is 9.73 Å². The van der Waals surface area contributed by atoms with Gasteiger partial charge in [-0.15, -0.1) is 10.2 Å². The van der Waals surface area contributed by atoms with Gasteiger partial charge in [-0.25, -0.2) is 4.98 Å². The summed E-state index contributed by atoms with van der Waals surface area (Å²) in [4.78, 5) is 4.39. The first-order chi connectivity index (χ1) is 7.78. The molecule has 0 unspecified atom stereocenters. The molecule has 0 bridgehead atoms. The number of thioether (sulfide) groups is 1. The Kier molecular flexibility index (Phi) is 3.40. The maximum absolute atomic E-state index is 5.26. The largest absolute Gasteiger partial charge is 0.416 e. The van der Waals surface area contributed by atoms with E-state index in [4.69, 9.17) is 4.42 Å². The van der Waals surface area contributed by atoms with E-state index in [0.717, 1.165) is 17.3 Å². The van der Waals surface area contributed by atoms with Crippen LogP contribution < -0.4 is 5.32 Å². The number of nitrogens with zero attached hydrogens (tertiary/aromatic N) is 3. The van der Waals surface area contributed by atoms with Crippen LogP contribution in [-0.4, -0.2) is 22.2 Å². The lowest BCUT2D eigenvalue weighted by molar-refractivity contribution is 0.429. The second-order valence-electron chi connectivity index (χ2n) is 3.14. The van der Waals surface area contributed by atoms with Gasteiger partial charge in [-0.1, -0.05) is 17.8 Å². The number of rotatable bonds is 4. The molecule has 0 saturated heterocycles. The number of nitrogens with one attached hydrogen (secondary N) is 1. The molecule has 2 rings (SSSR count). The van der Waals surface area contributed by atoms with Gasteiger partial charge in [0.25, 0.3) is 5.22 Å². The van der Waals surface area contributed by atoms with E-state index in [0.29, 0.717) is 11.1 Å². The molecular formula is C10H12N4OS. The van der Waals surface area contributed by atoms with E-state index in [1.165, 1.54) is 11.8 Å². The van der Waals surface area contributed by atoms with Crippen molar-refractivity contribution in [3.8, 4) is 0 Å². The van der Waals surface area contributed by atoms with Gasteiger partial charge in [0.2, 0.25) is 5.89 Å². The van der Waals surface area contributed by atoms with Crippen LogP contribution in [0.25, 0.3) is 0 Å². The van der Waals surface area contributed by atoms with Crippen molar-refractivity contribution in [1.29, 1.82) is 0 Å². The van der Waals surface area contributed by atoms with Crippen molar-refractivity contribution in [2.45, 2.75) is 17.9 Å². The molecule has 2 aromatic rings. The highest BCUT2D eigenvalue weighted by Gasteiger charge is 2.04. The zero-order chi connectivity index (χ0) is 11.4. The molecule has 0 radical (unpaired) electrons. The van der Waals surface area contributed by atoms with Crippen molar-refractivity contribution < 1.29 is 4.42 Å². The Morgan fingerprint density at radius 2 is 2.25 bits per heavy atom. The summed E-state index contributed by atoms with van der Waals surface area (Å²) in [6, 6.07) is 5.86. The van der Waals surface area contributed by atoms with E-state index in [9.17, 15) is 0 Å². The Bertz CT molecular complexity index is 471. The van der Waals surface area contributed by atoms with Gasteiger partial charge in [0.1, 0.15) is 5.82 Å². The Labute approximate surface area is 97.7 Å². The number of aromatic nitrogens is 3. The van der Waals surface area contributed by atoms with Gasteiger partial charge in [0, 0.05) is 19.7 Å². The molecule has 6 heteroatoms. The van der Waals surface area contributed by atoms with E-state index in [1.807, 2.05) is 25.2 Å². The summed E-state index contributed by atoms with van der Waals surface area (Å²) in [7, 11) is 1.85. The Hall–Kier alpha value is -1.56. The standard InChI is InChI=1S/C10H12N4OS/c1-7-13-14-10(15-7)16-6-8-4-3-5-9(11-2)12-8/h3-5H,6H2,1-2H3,(H,11,12). The summed E-state index contributed by atoms with van der Waals surface area (Å²) in [5.41, 5.74) is 0.979. The average molecular weight is 236 g/mol.